The minimum atomic E-state index is -0.168. The van der Waals surface area contributed by atoms with Crippen LogP contribution >= 0.6 is 11.6 Å². The summed E-state index contributed by atoms with van der Waals surface area (Å²) in [5.41, 5.74) is 2.84. The zero-order valence-corrected chi connectivity index (χ0v) is 12.5. The number of aryl methyl sites for hydroxylation is 1. The van der Waals surface area contributed by atoms with E-state index in [9.17, 15) is 4.39 Å². The second-order valence-electron chi connectivity index (χ2n) is 4.93. The maximum atomic E-state index is 13.8. The Balaban J connectivity index is 2.29. The first-order valence-corrected chi connectivity index (χ1v) is 7.22. The molecule has 2 aromatic carbocycles. The van der Waals surface area contributed by atoms with Gasteiger partial charge in [-0.2, -0.15) is 0 Å². The zero-order valence-electron chi connectivity index (χ0n) is 11.8. The van der Waals surface area contributed by atoms with Gasteiger partial charge in [0.1, 0.15) is 5.82 Å². The van der Waals surface area contributed by atoms with E-state index in [1.165, 1.54) is 6.07 Å². The second kappa shape index (κ2) is 6.87. The fourth-order valence-corrected chi connectivity index (χ4v) is 2.70. The molecule has 0 saturated carbocycles. The summed E-state index contributed by atoms with van der Waals surface area (Å²) in [4.78, 5) is 0. The third kappa shape index (κ3) is 3.59. The van der Waals surface area contributed by atoms with Gasteiger partial charge >= 0.3 is 0 Å². The van der Waals surface area contributed by atoms with Crippen LogP contribution in [-0.4, -0.2) is 6.54 Å². The highest BCUT2D eigenvalue weighted by molar-refractivity contribution is 6.31. The van der Waals surface area contributed by atoms with E-state index in [4.69, 9.17) is 11.6 Å². The Morgan fingerprint density at radius 3 is 2.60 bits per heavy atom. The molecule has 106 valence electrons. The van der Waals surface area contributed by atoms with Crippen LogP contribution in [0.1, 0.15) is 29.7 Å². The van der Waals surface area contributed by atoms with E-state index in [-0.39, 0.29) is 11.9 Å². The molecular formula is C17H19ClFN. The Morgan fingerprint density at radius 1 is 1.20 bits per heavy atom. The summed E-state index contributed by atoms with van der Waals surface area (Å²) in [6.07, 6.45) is 0.587. The highest BCUT2D eigenvalue weighted by Gasteiger charge is 2.16. The van der Waals surface area contributed by atoms with E-state index in [1.54, 1.807) is 6.07 Å². The molecule has 0 saturated heterocycles. The molecule has 0 heterocycles. The van der Waals surface area contributed by atoms with Crippen molar-refractivity contribution in [3.63, 3.8) is 0 Å². The largest absolute Gasteiger partial charge is 0.310 e. The summed E-state index contributed by atoms with van der Waals surface area (Å²) in [6.45, 7) is 4.86. The van der Waals surface area contributed by atoms with E-state index >= 15 is 0 Å². The van der Waals surface area contributed by atoms with Gasteiger partial charge in [0.15, 0.2) is 0 Å². The lowest BCUT2D eigenvalue weighted by Gasteiger charge is -2.20. The van der Waals surface area contributed by atoms with Crippen LogP contribution in [0.4, 0.5) is 4.39 Å². The molecule has 1 nitrogen and oxygen atoms in total. The third-order valence-electron chi connectivity index (χ3n) is 3.36. The molecule has 0 aliphatic carbocycles. The molecule has 2 aromatic rings. The second-order valence-corrected chi connectivity index (χ2v) is 5.34. The molecule has 0 spiro atoms. The number of rotatable bonds is 5. The molecular weight excluding hydrogens is 273 g/mol. The lowest BCUT2D eigenvalue weighted by molar-refractivity contribution is 0.528. The molecule has 0 bridgehead atoms. The Morgan fingerprint density at radius 2 is 1.95 bits per heavy atom. The number of hydrogen-bond acceptors (Lipinski definition) is 1. The standard InChI is InChI=1S/C17H19ClFN/c1-3-20-17(11-13-6-4-5-7-16(13)19)14-9-8-12(2)10-15(14)18/h4-10,17,20H,3,11H2,1-2H3. The lowest BCUT2D eigenvalue weighted by Crippen LogP contribution is -2.23. The summed E-state index contributed by atoms with van der Waals surface area (Å²) in [5, 5.41) is 4.11. The van der Waals surface area contributed by atoms with Crippen molar-refractivity contribution in [3.8, 4) is 0 Å². The third-order valence-corrected chi connectivity index (χ3v) is 3.69. The quantitative estimate of drug-likeness (QED) is 0.843. The number of nitrogens with one attached hydrogen (secondary N) is 1. The predicted octanol–water partition coefficient (Wildman–Crippen LogP) is 4.68. The summed E-state index contributed by atoms with van der Waals surface area (Å²) in [5.74, 6) is -0.168. The van der Waals surface area contributed by atoms with E-state index in [1.807, 2.05) is 44.2 Å². The van der Waals surface area contributed by atoms with Gasteiger partial charge in [-0.05, 0) is 48.7 Å². The van der Waals surface area contributed by atoms with Crippen LogP contribution in [0.25, 0.3) is 0 Å². The normalized spacial score (nSPS) is 12.4. The zero-order chi connectivity index (χ0) is 14.5. The van der Waals surface area contributed by atoms with Crippen LogP contribution in [0, 0.1) is 12.7 Å². The van der Waals surface area contributed by atoms with Crippen LogP contribution in [0.3, 0.4) is 0 Å². The smallest absolute Gasteiger partial charge is 0.126 e. The molecule has 0 radical (unpaired) electrons. The summed E-state index contributed by atoms with van der Waals surface area (Å²) in [7, 11) is 0. The van der Waals surface area contributed by atoms with Crippen molar-refractivity contribution in [2.75, 3.05) is 6.54 Å². The molecule has 2 rings (SSSR count). The van der Waals surface area contributed by atoms with Gasteiger partial charge in [-0.25, -0.2) is 4.39 Å². The molecule has 0 aromatic heterocycles. The molecule has 1 N–H and O–H groups in total. The van der Waals surface area contributed by atoms with E-state index < -0.39 is 0 Å². The molecule has 1 unspecified atom stereocenters. The van der Waals surface area contributed by atoms with Gasteiger partial charge in [0.25, 0.3) is 0 Å². The van der Waals surface area contributed by atoms with E-state index in [0.717, 1.165) is 22.7 Å². The Hall–Kier alpha value is -1.38. The monoisotopic (exact) mass is 291 g/mol. The van der Waals surface area contributed by atoms with Gasteiger partial charge in [-0.1, -0.05) is 48.9 Å². The van der Waals surface area contributed by atoms with Crippen molar-refractivity contribution in [2.24, 2.45) is 0 Å². The highest BCUT2D eigenvalue weighted by Crippen LogP contribution is 2.27. The molecule has 1 atom stereocenters. The average Bonchev–Trinajstić information content (AvgIpc) is 2.41. The van der Waals surface area contributed by atoms with Crippen molar-refractivity contribution in [2.45, 2.75) is 26.3 Å². The minimum Gasteiger partial charge on any atom is -0.310 e. The minimum absolute atomic E-state index is 0.0185. The van der Waals surface area contributed by atoms with Gasteiger partial charge in [-0.15, -0.1) is 0 Å². The number of benzene rings is 2. The summed E-state index contributed by atoms with van der Waals surface area (Å²) in [6, 6.07) is 12.9. The topological polar surface area (TPSA) is 12.0 Å². The molecule has 0 fully saturated rings. The first-order chi connectivity index (χ1) is 9.61. The average molecular weight is 292 g/mol. The molecule has 0 aliphatic rings. The maximum absolute atomic E-state index is 13.8. The van der Waals surface area contributed by atoms with Crippen molar-refractivity contribution in [3.05, 3.63) is 70.0 Å². The van der Waals surface area contributed by atoms with Gasteiger partial charge in [-0.3, -0.25) is 0 Å². The van der Waals surface area contributed by atoms with Crippen molar-refractivity contribution in [1.82, 2.24) is 5.32 Å². The Bertz CT molecular complexity index is 583. The van der Waals surface area contributed by atoms with Gasteiger partial charge < -0.3 is 5.32 Å². The number of hydrogen-bond donors (Lipinski definition) is 1. The van der Waals surface area contributed by atoms with Crippen LogP contribution in [-0.2, 0) is 6.42 Å². The van der Waals surface area contributed by atoms with Gasteiger partial charge in [0.2, 0.25) is 0 Å². The maximum Gasteiger partial charge on any atom is 0.126 e. The first kappa shape index (κ1) is 15.0. The van der Waals surface area contributed by atoms with Crippen molar-refractivity contribution >= 4 is 11.6 Å². The predicted molar refractivity (Wildman–Crippen MR) is 82.7 cm³/mol. The Kier molecular flexibility index (Phi) is 5.16. The molecule has 0 aliphatic heterocycles. The fraction of sp³-hybridized carbons (Fsp3) is 0.294. The van der Waals surface area contributed by atoms with Crippen molar-refractivity contribution in [1.29, 1.82) is 0 Å². The molecule has 20 heavy (non-hydrogen) atoms. The fourth-order valence-electron chi connectivity index (χ4n) is 2.34. The molecule has 3 heteroatoms. The van der Waals surface area contributed by atoms with Crippen molar-refractivity contribution < 1.29 is 4.39 Å². The van der Waals surface area contributed by atoms with Gasteiger partial charge in [0, 0.05) is 11.1 Å². The first-order valence-electron chi connectivity index (χ1n) is 6.84. The number of likely N-dealkylation sites (N-methyl/N-ethyl adjacent to an activating group) is 1. The van der Waals surface area contributed by atoms with Crippen LogP contribution in [0.15, 0.2) is 42.5 Å². The van der Waals surface area contributed by atoms with E-state index in [2.05, 4.69) is 5.32 Å². The molecule has 0 amide bonds. The van der Waals surface area contributed by atoms with Gasteiger partial charge in [0.05, 0.1) is 0 Å². The Labute approximate surface area is 124 Å². The van der Waals surface area contributed by atoms with Crippen LogP contribution < -0.4 is 5.32 Å². The van der Waals surface area contributed by atoms with E-state index in [0.29, 0.717) is 12.0 Å². The highest BCUT2D eigenvalue weighted by atomic mass is 35.5. The SMILES string of the molecule is CCNC(Cc1ccccc1F)c1ccc(C)cc1Cl. The summed E-state index contributed by atoms with van der Waals surface area (Å²) < 4.78 is 13.8. The van der Waals surface area contributed by atoms with Crippen LogP contribution in [0.5, 0.6) is 0 Å². The number of halogens is 2. The lowest BCUT2D eigenvalue weighted by atomic mass is 9.97. The summed E-state index contributed by atoms with van der Waals surface area (Å²) >= 11 is 6.33. The van der Waals surface area contributed by atoms with Crippen LogP contribution in [0.2, 0.25) is 5.02 Å².